The van der Waals surface area contributed by atoms with Crippen molar-refractivity contribution in [2.75, 3.05) is 5.32 Å². The Morgan fingerprint density at radius 1 is 1.20 bits per heavy atom. The first kappa shape index (κ1) is 15.1. The van der Waals surface area contributed by atoms with Crippen LogP contribution in [0.3, 0.4) is 0 Å². The van der Waals surface area contributed by atoms with E-state index in [0.29, 0.717) is 18.1 Å². The van der Waals surface area contributed by atoms with Crippen molar-refractivity contribution in [1.29, 1.82) is 0 Å². The standard InChI is InChI=1S/C19H17N5O/c1-13-5-6-14-11-17(21-16(14)10-13)19(25)22-18-7-9-24(23-18)12-15-4-2-3-8-20-15/h2-11,21H,12H2,1H3,(H,22,23,25). The van der Waals surface area contributed by atoms with Crippen molar-refractivity contribution in [3.63, 3.8) is 0 Å². The number of nitrogens with zero attached hydrogens (tertiary/aromatic N) is 3. The molecule has 6 heteroatoms. The number of amides is 1. The van der Waals surface area contributed by atoms with E-state index in [9.17, 15) is 4.79 Å². The summed E-state index contributed by atoms with van der Waals surface area (Å²) in [5.74, 6) is 0.299. The normalized spacial score (nSPS) is 10.9. The van der Waals surface area contributed by atoms with Crippen molar-refractivity contribution in [2.45, 2.75) is 13.5 Å². The van der Waals surface area contributed by atoms with Crippen LogP contribution in [0.25, 0.3) is 10.9 Å². The second-order valence-electron chi connectivity index (χ2n) is 5.95. The van der Waals surface area contributed by atoms with Crippen LogP contribution in [-0.4, -0.2) is 25.7 Å². The van der Waals surface area contributed by atoms with Crippen LogP contribution < -0.4 is 5.32 Å². The molecule has 4 rings (SSSR count). The van der Waals surface area contributed by atoms with Gasteiger partial charge in [-0.15, -0.1) is 0 Å². The summed E-state index contributed by atoms with van der Waals surface area (Å²) in [4.78, 5) is 19.8. The zero-order chi connectivity index (χ0) is 17.2. The van der Waals surface area contributed by atoms with E-state index in [-0.39, 0.29) is 5.91 Å². The quantitative estimate of drug-likeness (QED) is 0.602. The number of rotatable bonds is 4. The number of pyridine rings is 1. The smallest absolute Gasteiger partial charge is 0.273 e. The molecule has 124 valence electrons. The summed E-state index contributed by atoms with van der Waals surface area (Å²) in [5.41, 5.74) is 3.52. The number of anilines is 1. The predicted molar refractivity (Wildman–Crippen MR) is 96.6 cm³/mol. The average Bonchev–Trinajstić information content (AvgIpc) is 3.22. The third kappa shape index (κ3) is 3.28. The zero-order valence-corrected chi connectivity index (χ0v) is 13.7. The second kappa shape index (κ2) is 6.24. The summed E-state index contributed by atoms with van der Waals surface area (Å²) in [5, 5.41) is 8.20. The maximum absolute atomic E-state index is 12.4. The van der Waals surface area contributed by atoms with Crippen LogP contribution in [-0.2, 0) is 6.54 Å². The number of carbonyl (C=O) groups is 1. The molecule has 6 nitrogen and oxygen atoms in total. The molecule has 0 aliphatic rings. The summed E-state index contributed by atoms with van der Waals surface area (Å²) in [6, 6.07) is 15.4. The highest BCUT2D eigenvalue weighted by molar-refractivity contribution is 6.05. The van der Waals surface area contributed by atoms with Gasteiger partial charge in [-0.3, -0.25) is 14.5 Å². The van der Waals surface area contributed by atoms with Gasteiger partial charge in [-0.2, -0.15) is 5.10 Å². The SMILES string of the molecule is Cc1ccc2cc(C(=O)Nc3ccn(Cc4ccccn4)n3)[nH]c2c1. The molecule has 0 unspecified atom stereocenters. The lowest BCUT2D eigenvalue weighted by Crippen LogP contribution is -2.13. The third-order valence-corrected chi connectivity index (χ3v) is 3.96. The van der Waals surface area contributed by atoms with Crippen LogP contribution in [0, 0.1) is 6.92 Å². The maximum Gasteiger partial charge on any atom is 0.273 e. The molecule has 3 heterocycles. The topological polar surface area (TPSA) is 75.6 Å². The lowest BCUT2D eigenvalue weighted by Gasteiger charge is -2.01. The van der Waals surface area contributed by atoms with Crippen molar-refractivity contribution < 1.29 is 4.79 Å². The molecule has 0 radical (unpaired) electrons. The minimum Gasteiger partial charge on any atom is -0.351 e. The fourth-order valence-electron chi connectivity index (χ4n) is 2.72. The highest BCUT2D eigenvalue weighted by Gasteiger charge is 2.11. The lowest BCUT2D eigenvalue weighted by atomic mass is 10.2. The van der Waals surface area contributed by atoms with Gasteiger partial charge in [0.2, 0.25) is 0 Å². The Morgan fingerprint density at radius 2 is 2.12 bits per heavy atom. The Labute approximate surface area is 144 Å². The van der Waals surface area contributed by atoms with E-state index in [4.69, 9.17) is 0 Å². The number of benzene rings is 1. The number of hydrogen-bond acceptors (Lipinski definition) is 3. The van der Waals surface area contributed by atoms with Gasteiger partial charge in [0.25, 0.3) is 5.91 Å². The van der Waals surface area contributed by atoms with Crippen LogP contribution in [0.1, 0.15) is 21.7 Å². The number of nitrogens with one attached hydrogen (secondary N) is 2. The highest BCUT2D eigenvalue weighted by atomic mass is 16.2. The fourth-order valence-corrected chi connectivity index (χ4v) is 2.72. The van der Waals surface area contributed by atoms with Crippen LogP contribution >= 0.6 is 0 Å². The number of aromatic amines is 1. The largest absolute Gasteiger partial charge is 0.351 e. The molecule has 0 bridgehead atoms. The summed E-state index contributed by atoms with van der Waals surface area (Å²) in [6.07, 6.45) is 3.57. The molecule has 0 aliphatic carbocycles. The van der Waals surface area contributed by atoms with Gasteiger partial charge >= 0.3 is 0 Å². The summed E-state index contributed by atoms with van der Waals surface area (Å²) in [6.45, 7) is 2.58. The van der Waals surface area contributed by atoms with E-state index in [1.807, 2.05) is 55.6 Å². The van der Waals surface area contributed by atoms with Gasteiger partial charge < -0.3 is 10.3 Å². The molecule has 4 aromatic rings. The lowest BCUT2D eigenvalue weighted by molar-refractivity contribution is 0.102. The van der Waals surface area contributed by atoms with Crippen LogP contribution in [0.5, 0.6) is 0 Å². The van der Waals surface area contributed by atoms with E-state index < -0.39 is 0 Å². The van der Waals surface area contributed by atoms with Crippen molar-refractivity contribution in [3.8, 4) is 0 Å². The first-order valence-corrected chi connectivity index (χ1v) is 8.01. The number of hydrogen-bond donors (Lipinski definition) is 2. The molecule has 2 N–H and O–H groups in total. The Hall–Kier alpha value is -3.41. The summed E-state index contributed by atoms with van der Waals surface area (Å²) < 4.78 is 1.74. The molecular weight excluding hydrogens is 314 g/mol. The summed E-state index contributed by atoms with van der Waals surface area (Å²) in [7, 11) is 0. The minimum atomic E-state index is -0.211. The Morgan fingerprint density at radius 3 is 2.96 bits per heavy atom. The minimum absolute atomic E-state index is 0.211. The van der Waals surface area contributed by atoms with E-state index in [2.05, 4.69) is 20.4 Å². The number of aryl methyl sites for hydroxylation is 1. The van der Waals surface area contributed by atoms with Gasteiger partial charge in [-0.05, 0) is 36.8 Å². The Bertz CT molecular complexity index is 1030. The van der Waals surface area contributed by atoms with Crippen molar-refractivity contribution in [2.24, 2.45) is 0 Å². The molecule has 0 aliphatic heterocycles. The van der Waals surface area contributed by atoms with Gasteiger partial charge in [0.05, 0.1) is 12.2 Å². The molecule has 25 heavy (non-hydrogen) atoms. The van der Waals surface area contributed by atoms with Crippen molar-refractivity contribution in [1.82, 2.24) is 19.7 Å². The van der Waals surface area contributed by atoms with Crippen LogP contribution in [0.4, 0.5) is 5.82 Å². The molecule has 0 saturated heterocycles. The Kier molecular flexibility index (Phi) is 3.78. The average molecular weight is 331 g/mol. The molecule has 0 saturated carbocycles. The second-order valence-corrected chi connectivity index (χ2v) is 5.95. The number of fused-ring (bicyclic) bond motifs is 1. The van der Waals surface area contributed by atoms with Crippen molar-refractivity contribution in [3.05, 3.63) is 77.9 Å². The highest BCUT2D eigenvalue weighted by Crippen LogP contribution is 2.17. The molecule has 1 amide bonds. The van der Waals surface area contributed by atoms with E-state index in [0.717, 1.165) is 22.2 Å². The van der Waals surface area contributed by atoms with E-state index >= 15 is 0 Å². The first-order chi connectivity index (χ1) is 12.2. The summed E-state index contributed by atoms with van der Waals surface area (Å²) >= 11 is 0. The van der Waals surface area contributed by atoms with Gasteiger partial charge in [-0.25, -0.2) is 0 Å². The molecule has 1 aromatic carbocycles. The monoisotopic (exact) mass is 331 g/mol. The first-order valence-electron chi connectivity index (χ1n) is 8.01. The maximum atomic E-state index is 12.4. The van der Waals surface area contributed by atoms with Gasteiger partial charge in [0.1, 0.15) is 5.69 Å². The number of aromatic nitrogens is 4. The number of carbonyl (C=O) groups excluding carboxylic acids is 1. The van der Waals surface area contributed by atoms with Gasteiger partial charge in [0, 0.05) is 29.4 Å². The molecule has 0 atom stereocenters. The third-order valence-electron chi connectivity index (χ3n) is 3.96. The Balaban J connectivity index is 1.48. The van der Waals surface area contributed by atoms with Gasteiger partial charge in [-0.1, -0.05) is 18.2 Å². The van der Waals surface area contributed by atoms with Crippen LogP contribution in [0.15, 0.2) is 60.9 Å². The fraction of sp³-hybridized carbons (Fsp3) is 0.105. The molecule has 0 spiro atoms. The van der Waals surface area contributed by atoms with E-state index in [1.54, 1.807) is 16.9 Å². The van der Waals surface area contributed by atoms with Crippen LogP contribution in [0.2, 0.25) is 0 Å². The van der Waals surface area contributed by atoms with E-state index in [1.165, 1.54) is 0 Å². The number of H-pyrrole nitrogens is 1. The molecule has 0 fully saturated rings. The molecular formula is C19H17N5O. The van der Waals surface area contributed by atoms with Crippen molar-refractivity contribution >= 4 is 22.6 Å². The zero-order valence-electron chi connectivity index (χ0n) is 13.7. The molecule has 3 aromatic heterocycles. The predicted octanol–water partition coefficient (Wildman–Crippen LogP) is 3.37. The van der Waals surface area contributed by atoms with Gasteiger partial charge in [0.15, 0.2) is 5.82 Å².